The zero-order valence-corrected chi connectivity index (χ0v) is 12.1. The molecular weight excluding hydrogens is 404 g/mol. The van der Waals surface area contributed by atoms with E-state index in [1.807, 2.05) is 18.0 Å². The average molecular weight is 410 g/mol. The first-order chi connectivity index (χ1) is 5.11. The van der Waals surface area contributed by atoms with Crippen LogP contribution in [-0.4, -0.2) is 0 Å². The summed E-state index contributed by atoms with van der Waals surface area (Å²) in [5.41, 5.74) is 1.14. The van der Waals surface area contributed by atoms with Crippen LogP contribution in [-0.2, 0) is 0 Å². The van der Waals surface area contributed by atoms with Gasteiger partial charge in [-0.1, -0.05) is 63.7 Å². The Labute approximate surface area is 100 Å². The van der Waals surface area contributed by atoms with E-state index in [1.165, 1.54) is 0 Å². The number of allylic oxidation sites excluding steroid dienone is 4. The molecule has 0 aromatic carbocycles. The third-order valence-corrected chi connectivity index (χ3v) is 4.02. The maximum atomic E-state index is 3.42. The summed E-state index contributed by atoms with van der Waals surface area (Å²) in [6.07, 6.45) is 1.96. The molecule has 0 saturated heterocycles. The Morgan fingerprint density at radius 1 is 1.09 bits per heavy atom. The monoisotopic (exact) mass is 406 g/mol. The molecule has 0 aliphatic heterocycles. The summed E-state index contributed by atoms with van der Waals surface area (Å²) in [7, 11) is 0. The summed E-state index contributed by atoms with van der Waals surface area (Å²) >= 11 is 13.2. The molecular formula is C7H6Br4. The van der Waals surface area contributed by atoms with Crippen molar-refractivity contribution in [1.29, 1.82) is 0 Å². The van der Waals surface area contributed by atoms with Crippen LogP contribution in [0.5, 0.6) is 0 Å². The third kappa shape index (κ3) is 5.39. The number of rotatable bonds is 2. The van der Waals surface area contributed by atoms with Crippen molar-refractivity contribution >= 4 is 63.7 Å². The lowest BCUT2D eigenvalue weighted by Gasteiger charge is -1.95. The van der Waals surface area contributed by atoms with Crippen LogP contribution in [0.2, 0.25) is 0 Å². The van der Waals surface area contributed by atoms with E-state index in [4.69, 9.17) is 0 Å². The fraction of sp³-hybridized carbons (Fsp3) is 0.143. The van der Waals surface area contributed by atoms with Crippen molar-refractivity contribution in [3.63, 3.8) is 0 Å². The van der Waals surface area contributed by atoms with Crippen LogP contribution in [0, 0.1) is 0 Å². The Hall–Kier alpha value is 1.14. The van der Waals surface area contributed by atoms with Crippen LogP contribution in [0.1, 0.15) is 6.92 Å². The summed E-state index contributed by atoms with van der Waals surface area (Å²) in [4.78, 5) is 3.66. The van der Waals surface area contributed by atoms with E-state index in [1.54, 1.807) is 4.99 Å². The molecule has 0 aromatic rings. The van der Waals surface area contributed by atoms with Gasteiger partial charge in [-0.3, -0.25) is 0 Å². The quantitative estimate of drug-likeness (QED) is 0.550. The van der Waals surface area contributed by atoms with Gasteiger partial charge in [0.1, 0.15) is 0 Å². The van der Waals surface area contributed by atoms with Crippen LogP contribution < -0.4 is 0 Å². The highest BCUT2D eigenvalue weighted by Crippen LogP contribution is 2.22. The summed E-state index contributed by atoms with van der Waals surface area (Å²) < 4.78 is 2.02. The molecule has 11 heavy (non-hydrogen) atoms. The zero-order chi connectivity index (χ0) is 8.85. The molecule has 0 amide bonds. The second kappa shape index (κ2) is 6.63. The topological polar surface area (TPSA) is 0 Å². The molecule has 0 aromatic heterocycles. The van der Waals surface area contributed by atoms with Crippen LogP contribution >= 0.6 is 63.7 Å². The molecule has 0 nitrogen and oxygen atoms in total. The largest absolute Gasteiger partial charge is 0.0592 e. The van der Waals surface area contributed by atoms with E-state index in [0.29, 0.717) is 0 Å². The van der Waals surface area contributed by atoms with Crippen LogP contribution in [0.4, 0.5) is 0 Å². The summed E-state index contributed by atoms with van der Waals surface area (Å²) in [6, 6.07) is 0. The van der Waals surface area contributed by atoms with E-state index >= 15 is 0 Å². The van der Waals surface area contributed by atoms with E-state index < -0.39 is 0 Å². The van der Waals surface area contributed by atoms with E-state index in [-0.39, 0.29) is 0 Å². The second-order valence-electron chi connectivity index (χ2n) is 1.78. The molecule has 0 aliphatic carbocycles. The average Bonchev–Trinajstić information content (AvgIpc) is 2.02. The van der Waals surface area contributed by atoms with Gasteiger partial charge in [-0.05, 0) is 28.5 Å². The van der Waals surface area contributed by atoms with E-state index in [2.05, 4.69) is 63.7 Å². The highest BCUT2D eigenvalue weighted by atomic mass is 79.9. The lowest BCUT2D eigenvalue weighted by molar-refractivity contribution is 1.53. The molecule has 0 bridgehead atoms. The lowest BCUT2D eigenvalue weighted by Crippen LogP contribution is -1.72. The molecule has 0 atom stereocenters. The Kier molecular flexibility index (Phi) is 7.32. The van der Waals surface area contributed by atoms with Crippen molar-refractivity contribution in [2.45, 2.75) is 6.92 Å². The third-order valence-electron chi connectivity index (χ3n) is 0.909. The molecule has 0 N–H and O–H groups in total. The van der Waals surface area contributed by atoms with Gasteiger partial charge in [-0.15, -0.1) is 0 Å². The predicted molar refractivity (Wildman–Crippen MR) is 65.6 cm³/mol. The van der Waals surface area contributed by atoms with Gasteiger partial charge in [-0.2, -0.15) is 0 Å². The first kappa shape index (κ1) is 12.1. The van der Waals surface area contributed by atoms with Crippen molar-refractivity contribution in [1.82, 2.24) is 0 Å². The van der Waals surface area contributed by atoms with Gasteiger partial charge in [0.2, 0.25) is 0 Å². The van der Waals surface area contributed by atoms with Gasteiger partial charge in [0.25, 0.3) is 0 Å². The van der Waals surface area contributed by atoms with Crippen molar-refractivity contribution in [2.75, 3.05) is 0 Å². The molecule has 0 radical (unpaired) electrons. The van der Waals surface area contributed by atoms with Gasteiger partial charge in [0, 0.05) is 8.96 Å². The molecule has 0 rings (SSSR count). The normalized spacial score (nSPS) is 15.5. The molecule has 0 aliphatic rings. The Bertz CT molecular complexity index is 212. The SMILES string of the molecule is CC(=C\Br)/C(Br)=C\C(Br)=C\Br. The standard InChI is InChI=1S/C7H6Br4/c1-5(3-8)7(11)2-6(10)4-9/h2-4H,1H3/b5-3+,6-4-,7-2+. The van der Waals surface area contributed by atoms with Crippen molar-refractivity contribution in [3.05, 3.63) is 30.6 Å². The first-order valence-corrected chi connectivity index (χ1v) is 6.14. The summed E-state index contributed by atoms with van der Waals surface area (Å²) in [5.74, 6) is 0. The van der Waals surface area contributed by atoms with Gasteiger partial charge >= 0.3 is 0 Å². The Morgan fingerprint density at radius 2 is 1.64 bits per heavy atom. The first-order valence-electron chi connectivity index (χ1n) is 2.72. The molecule has 0 unspecified atom stereocenters. The van der Waals surface area contributed by atoms with Crippen LogP contribution in [0.15, 0.2) is 30.6 Å². The fourth-order valence-corrected chi connectivity index (χ4v) is 1.90. The Balaban J connectivity index is 4.47. The van der Waals surface area contributed by atoms with Gasteiger partial charge in [0.05, 0.1) is 0 Å². The van der Waals surface area contributed by atoms with Crippen molar-refractivity contribution in [2.24, 2.45) is 0 Å². The minimum Gasteiger partial charge on any atom is -0.0592 e. The minimum atomic E-state index is 0.984. The maximum Gasteiger partial charge on any atom is 0.0255 e. The van der Waals surface area contributed by atoms with Crippen LogP contribution in [0.25, 0.3) is 0 Å². The lowest BCUT2D eigenvalue weighted by atomic mass is 10.3. The zero-order valence-electron chi connectivity index (χ0n) is 5.74. The molecule has 62 valence electrons. The molecule has 0 saturated carbocycles. The van der Waals surface area contributed by atoms with Crippen molar-refractivity contribution in [3.8, 4) is 0 Å². The maximum absolute atomic E-state index is 3.42. The highest BCUT2D eigenvalue weighted by molar-refractivity contribution is 9.14. The molecule has 4 heteroatoms. The van der Waals surface area contributed by atoms with Gasteiger partial charge < -0.3 is 0 Å². The predicted octanol–water partition coefficient (Wildman–Crippen LogP) is 5.20. The van der Waals surface area contributed by atoms with Gasteiger partial charge in [-0.25, -0.2) is 0 Å². The highest BCUT2D eigenvalue weighted by Gasteiger charge is 1.93. The Morgan fingerprint density at radius 3 is 2.00 bits per heavy atom. The summed E-state index contributed by atoms with van der Waals surface area (Å²) in [6.45, 7) is 2.00. The number of halogens is 4. The fourth-order valence-electron chi connectivity index (χ4n) is 0.319. The number of hydrogen-bond acceptors (Lipinski definition) is 0. The minimum absolute atomic E-state index is 0.984. The van der Waals surface area contributed by atoms with E-state index in [0.717, 1.165) is 14.5 Å². The van der Waals surface area contributed by atoms with Gasteiger partial charge in [0.15, 0.2) is 0 Å². The molecule has 0 spiro atoms. The summed E-state index contributed by atoms with van der Waals surface area (Å²) in [5, 5.41) is 0. The van der Waals surface area contributed by atoms with E-state index in [9.17, 15) is 0 Å². The van der Waals surface area contributed by atoms with Crippen molar-refractivity contribution < 1.29 is 0 Å². The molecule has 0 fully saturated rings. The number of hydrogen-bond donors (Lipinski definition) is 0. The van der Waals surface area contributed by atoms with Crippen LogP contribution in [0.3, 0.4) is 0 Å². The molecule has 0 heterocycles. The smallest absolute Gasteiger partial charge is 0.0255 e. The second-order valence-corrected chi connectivity index (χ2v) is 4.46.